The van der Waals surface area contributed by atoms with Crippen molar-refractivity contribution in [1.29, 1.82) is 0 Å². The topological polar surface area (TPSA) is 69.0 Å². The van der Waals surface area contributed by atoms with Gasteiger partial charge >= 0.3 is 0 Å². The first kappa shape index (κ1) is 14.8. The van der Waals surface area contributed by atoms with Crippen molar-refractivity contribution in [2.45, 2.75) is 6.92 Å². The van der Waals surface area contributed by atoms with Gasteiger partial charge in [-0.15, -0.1) is 0 Å². The molecule has 0 unspecified atom stereocenters. The molecule has 0 bridgehead atoms. The Hall–Kier alpha value is -3.15. The van der Waals surface area contributed by atoms with E-state index in [1.807, 2.05) is 37.3 Å². The molecule has 0 saturated carbocycles. The number of nitrogens with zero attached hydrogens (tertiary/aromatic N) is 3. The molecule has 0 fully saturated rings. The van der Waals surface area contributed by atoms with Gasteiger partial charge in [0.2, 0.25) is 5.91 Å². The number of aryl methyl sites for hydroxylation is 1. The molecule has 116 valence electrons. The summed E-state index contributed by atoms with van der Waals surface area (Å²) >= 11 is 0. The highest BCUT2D eigenvalue weighted by molar-refractivity contribution is 6.00. The third-order valence-electron chi connectivity index (χ3n) is 3.47. The average Bonchev–Trinajstić information content (AvgIpc) is 2.91. The molecule has 3 rings (SSSR count). The quantitative estimate of drug-likeness (QED) is 0.752. The van der Waals surface area contributed by atoms with E-state index in [2.05, 4.69) is 22.0 Å². The fourth-order valence-electron chi connectivity index (χ4n) is 2.38. The van der Waals surface area contributed by atoms with Crippen LogP contribution in [0.3, 0.4) is 0 Å². The maximum atomic E-state index is 11.4. The Bertz CT molecular complexity index is 899. The van der Waals surface area contributed by atoms with E-state index in [4.69, 9.17) is 4.74 Å². The SMILES string of the molecule is C=CC(=O)Nc1cnc2c(c1)c(C)nn2-c1ccccc1OC. The van der Waals surface area contributed by atoms with Gasteiger partial charge in [0.25, 0.3) is 0 Å². The highest BCUT2D eigenvalue weighted by Crippen LogP contribution is 2.27. The Morgan fingerprint density at radius 1 is 1.39 bits per heavy atom. The third-order valence-corrected chi connectivity index (χ3v) is 3.47. The minimum atomic E-state index is -0.277. The van der Waals surface area contributed by atoms with Crippen LogP contribution in [-0.2, 0) is 4.79 Å². The van der Waals surface area contributed by atoms with Gasteiger partial charge in [0.15, 0.2) is 5.65 Å². The molecule has 0 aliphatic carbocycles. The standard InChI is InChI=1S/C17H16N4O2/c1-4-16(22)19-12-9-13-11(2)20-21(17(13)18-10-12)14-7-5-6-8-15(14)23-3/h4-10H,1H2,2-3H3,(H,19,22). The summed E-state index contributed by atoms with van der Waals surface area (Å²) in [5, 5.41) is 8.11. The number of carbonyl (C=O) groups is 1. The van der Waals surface area contributed by atoms with Gasteiger partial charge in [-0.25, -0.2) is 9.67 Å². The Kier molecular flexibility index (Phi) is 3.80. The van der Waals surface area contributed by atoms with Gasteiger partial charge in [0.1, 0.15) is 11.4 Å². The molecule has 0 aliphatic rings. The van der Waals surface area contributed by atoms with Crippen LogP contribution in [0.2, 0.25) is 0 Å². The van der Waals surface area contributed by atoms with Crippen LogP contribution in [0, 0.1) is 6.92 Å². The molecule has 6 nitrogen and oxygen atoms in total. The number of para-hydroxylation sites is 2. The summed E-state index contributed by atoms with van der Waals surface area (Å²) < 4.78 is 7.13. The van der Waals surface area contributed by atoms with E-state index >= 15 is 0 Å². The van der Waals surface area contributed by atoms with E-state index in [0.717, 1.165) is 16.8 Å². The molecule has 0 saturated heterocycles. The van der Waals surface area contributed by atoms with Gasteiger partial charge in [0.05, 0.1) is 24.7 Å². The van der Waals surface area contributed by atoms with Crippen molar-refractivity contribution in [2.75, 3.05) is 12.4 Å². The first-order chi connectivity index (χ1) is 11.1. The number of carbonyl (C=O) groups excluding carboxylic acids is 1. The van der Waals surface area contributed by atoms with Gasteiger partial charge in [-0.2, -0.15) is 5.10 Å². The van der Waals surface area contributed by atoms with Crippen molar-refractivity contribution in [3.8, 4) is 11.4 Å². The minimum absolute atomic E-state index is 0.277. The average molecular weight is 308 g/mol. The van der Waals surface area contributed by atoms with Crippen LogP contribution < -0.4 is 10.1 Å². The summed E-state index contributed by atoms with van der Waals surface area (Å²) in [5.41, 5.74) is 2.92. The molecule has 23 heavy (non-hydrogen) atoms. The predicted molar refractivity (Wildman–Crippen MR) is 89.0 cm³/mol. The van der Waals surface area contributed by atoms with Crippen LogP contribution in [-0.4, -0.2) is 27.8 Å². The van der Waals surface area contributed by atoms with Crippen LogP contribution in [0.15, 0.2) is 49.2 Å². The molecule has 0 radical (unpaired) electrons. The summed E-state index contributed by atoms with van der Waals surface area (Å²) in [7, 11) is 1.62. The summed E-state index contributed by atoms with van der Waals surface area (Å²) in [6.45, 7) is 5.33. The molecular weight excluding hydrogens is 292 g/mol. The molecule has 0 aliphatic heterocycles. The van der Waals surface area contributed by atoms with Gasteiger partial charge in [-0.1, -0.05) is 18.7 Å². The summed E-state index contributed by atoms with van der Waals surface area (Å²) in [6.07, 6.45) is 2.81. The van der Waals surface area contributed by atoms with E-state index in [1.165, 1.54) is 6.08 Å². The number of pyridine rings is 1. The number of amides is 1. The number of hydrogen-bond donors (Lipinski definition) is 1. The van der Waals surface area contributed by atoms with Crippen molar-refractivity contribution < 1.29 is 9.53 Å². The van der Waals surface area contributed by atoms with Gasteiger partial charge in [-0.3, -0.25) is 4.79 Å². The molecule has 2 aromatic heterocycles. The number of methoxy groups -OCH3 is 1. The monoisotopic (exact) mass is 308 g/mol. The lowest BCUT2D eigenvalue weighted by molar-refractivity contribution is -0.111. The van der Waals surface area contributed by atoms with Crippen LogP contribution in [0.5, 0.6) is 5.75 Å². The Balaban J connectivity index is 2.13. The number of aromatic nitrogens is 3. The first-order valence-electron chi connectivity index (χ1n) is 7.06. The molecule has 1 N–H and O–H groups in total. The summed E-state index contributed by atoms with van der Waals surface area (Å²) in [5.74, 6) is 0.434. The number of hydrogen-bond acceptors (Lipinski definition) is 4. The van der Waals surface area contributed by atoms with Crippen LogP contribution >= 0.6 is 0 Å². The number of fused-ring (bicyclic) bond motifs is 1. The second-order valence-electron chi connectivity index (χ2n) is 4.96. The second-order valence-corrected chi connectivity index (χ2v) is 4.96. The van der Waals surface area contributed by atoms with Gasteiger partial charge < -0.3 is 10.1 Å². The first-order valence-corrected chi connectivity index (χ1v) is 7.06. The lowest BCUT2D eigenvalue weighted by Crippen LogP contribution is -2.07. The lowest BCUT2D eigenvalue weighted by atomic mass is 10.2. The van der Waals surface area contributed by atoms with Crippen molar-refractivity contribution in [3.63, 3.8) is 0 Å². The second kappa shape index (κ2) is 5.92. The summed E-state index contributed by atoms with van der Waals surface area (Å²) in [6, 6.07) is 9.45. The zero-order valence-electron chi connectivity index (χ0n) is 12.9. The van der Waals surface area contributed by atoms with Gasteiger partial charge in [-0.05, 0) is 31.2 Å². The maximum absolute atomic E-state index is 11.4. The van der Waals surface area contributed by atoms with E-state index in [0.29, 0.717) is 17.1 Å². The molecule has 2 heterocycles. The van der Waals surface area contributed by atoms with Crippen LogP contribution in [0.25, 0.3) is 16.7 Å². The molecule has 6 heteroatoms. The molecular formula is C17H16N4O2. The van der Waals surface area contributed by atoms with Crippen LogP contribution in [0.4, 0.5) is 5.69 Å². The van der Waals surface area contributed by atoms with Crippen LogP contribution in [0.1, 0.15) is 5.69 Å². The number of nitrogens with one attached hydrogen (secondary N) is 1. The highest BCUT2D eigenvalue weighted by atomic mass is 16.5. The Morgan fingerprint density at radius 2 is 2.17 bits per heavy atom. The number of anilines is 1. The largest absolute Gasteiger partial charge is 0.494 e. The highest BCUT2D eigenvalue weighted by Gasteiger charge is 2.14. The zero-order valence-corrected chi connectivity index (χ0v) is 12.9. The lowest BCUT2D eigenvalue weighted by Gasteiger charge is -2.08. The number of rotatable bonds is 4. The fraction of sp³-hybridized carbons (Fsp3) is 0.118. The van der Waals surface area contributed by atoms with E-state index in [9.17, 15) is 4.79 Å². The fourth-order valence-corrected chi connectivity index (χ4v) is 2.38. The normalized spacial score (nSPS) is 10.5. The van der Waals surface area contributed by atoms with E-state index in [1.54, 1.807) is 18.0 Å². The van der Waals surface area contributed by atoms with Crippen molar-refractivity contribution in [2.24, 2.45) is 0 Å². The molecule has 0 atom stereocenters. The van der Waals surface area contributed by atoms with Gasteiger partial charge in [0, 0.05) is 5.39 Å². The molecule has 1 aromatic carbocycles. The zero-order chi connectivity index (χ0) is 16.4. The van der Waals surface area contributed by atoms with E-state index < -0.39 is 0 Å². The van der Waals surface area contributed by atoms with Crippen molar-refractivity contribution >= 4 is 22.6 Å². The smallest absolute Gasteiger partial charge is 0.247 e. The maximum Gasteiger partial charge on any atom is 0.247 e. The third kappa shape index (κ3) is 2.66. The molecule has 1 amide bonds. The van der Waals surface area contributed by atoms with E-state index in [-0.39, 0.29) is 5.91 Å². The van der Waals surface area contributed by atoms with Crippen molar-refractivity contribution in [1.82, 2.24) is 14.8 Å². The summed E-state index contributed by atoms with van der Waals surface area (Å²) in [4.78, 5) is 15.9. The molecule has 3 aromatic rings. The predicted octanol–water partition coefficient (Wildman–Crippen LogP) is 2.86. The number of benzene rings is 1. The number of ether oxygens (including phenoxy) is 1. The minimum Gasteiger partial charge on any atom is -0.494 e. The van der Waals surface area contributed by atoms with Crippen molar-refractivity contribution in [3.05, 3.63) is 54.9 Å². The Labute approximate surface area is 133 Å². The Morgan fingerprint density at radius 3 is 2.91 bits per heavy atom. The molecule has 0 spiro atoms.